The van der Waals surface area contributed by atoms with E-state index in [1.807, 2.05) is 18.2 Å². The normalized spacial score (nSPS) is 17.4. The average molecular weight is 373 g/mol. The van der Waals surface area contributed by atoms with E-state index in [1.54, 1.807) is 12.4 Å². The van der Waals surface area contributed by atoms with Gasteiger partial charge in [0.25, 0.3) is 0 Å². The van der Waals surface area contributed by atoms with E-state index < -0.39 is 0 Å². The molecule has 0 bridgehead atoms. The lowest BCUT2D eigenvalue weighted by molar-refractivity contribution is 0.659. The Morgan fingerprint density at radius 1 is 1.24 bits per heavy atom. The molecule has 0 aromatic carbocycles. The zero-order valence-electron chi connectivity index (χ0n) is 13.7. The second-order valence-corrected chi connectivity index (χ2v) is 7.61. The van der Waals surface area contributed by atoms with Gasteiger partial charge in [0.15, 0.2) is 5.65 Å². The first kappa shape index (κ1) is 16.4. The van der Waals surface area contributed by atoms with E-state index >= 15 is 0 Å². The number of anilines is 2. The number of fused-ring (bicyclic) bond motifs is 1. The Hall–Kier alpha value is -2.12. The van der Waals surface area contributed by atoms with Gasteiger partial charge < -0.3 is 10.6 Å². The fourth-order valence-electron chi connectivity index (χ4n) is 2.86. The SMILES string of the molecule is C[C@H]1CCN(c2cnc3nc(Sc4ccnc(N)c4Cl)ccc3n2)C1. The van der Waals surface area contributed by atoms with Gasteiger partial charge in [-0.05, 0) is 30.5 Å². The molecule has 2 N–H and O–H groups in total. The number of pyridine rings is 2. The second kappa shape index (κ2) is 6.65. The maximum Gasteiger partial charge on any atom is 0.179 e. The maximum atomic E-state index is 6.20. The van der Waals surface area contributed by atoms with Gasteiger partial charge in [-0.1, -0.05) is 30.3 Å². The van der Waals surface area contributed by atoms with Crippen LogP contribution in [0.4, 0.5) is 11.6 Å². The summed E-state index contributed by atoms with van der Waals surface area (Å²) in [4.78, 5) is 20.8. The Balaban J connectivity index is 1.61. The number of rotatable bonds is 3. The Bertz CT molecular complexity index is 934. The van der Waals surface area contributed by atoms with Crippen LogP contribution in [0.2, 0.25) is 5.02 Å². The van der Waals surface area contributed by atoms with E-state index in [2.05, 4.69) is 26.8 Å². The molecule has 1 fully saturated rings. The summed E-state index contributed by atoms with van der Waals surface area (Å²) < 4.78 is 0. The molecule has 4 heterocycles. The van der Waals surface area contributed by atoms with Crippen molar-refractivity contribution in [3.63, 3.8) is 0 Å². The number of hydrogen-bond donors (Lipinski definition) is 1. The number of nitrogen functional groups attached to an aromatic ring is 1. The van der Waals surface area contributed by atoms with Crippen molar-refractivity contribution in [3.8, 4) is 0 Å². The van der Waals surface area contributed by atoms with Gasteiger partial charge in [0.2, 0.25) is 0 Å². The lowest BCUT2D eigenvalue weighted by Gasteiger charge is -2.16. The fourth-order valence-corrected chi connectivity index (χ4v) is 3.91. The summed E-state index contributed by atoms with van der Waals surface area (Å²) in [6, 6.07) is 5.68. The van der Waals surface area contributed by atoms with Gasteiger partial charge in [-0.25, -0.2) is 19.9 Å². The van der Waals surface area contributed by atoms with E-state index in [0.717, 1.165) is 34.3 Å². The van der Waals surface area contributed by atoms with Crippen molar-refractivity contribution in [1.29, 1.82) is 0 Å². The van der Waals surface area contributed by atoms with Crippen LogP contribution < -0.4 is 10.6 Å². The molecule has 0 unspecified atom stereocenters. The molecule has 3 aromatic rings. The minimum Gasteiger partial charge on any atom is -0.382 e. The standard InChI is InChI=1S/C17H17ClN6S/c1-10-5-7-24(9-10)13-8-21-17-11(22-13)2-3-14(23-17)25-12-4-6-20-16(19)15(12)18/h2-4,6,8,10H,5,7,9H2,1H3,(H2,19,20)/t10-/m0/s1. The molecule has 4 rings (SSSR count). The van der Waals surface area contributed by atoms with Crippen molar-refractivity contribution in [1.82, 2.24) is 19.9 Å². The highest BCUT2D eigenvalue weighted by molar-refractivity contribution is 7.99. The number of aromatic nitrogens is 4. The van der Waals surface area contributed by atoms with Crippen LogP contribution in [-0.4, -0.2) is 33.0 Å². The van der Waals surface area contributed by atoms with Gasteiger partial charge in [-0.3, -0.25) is 0 Å². The summed E-state index contributed by atoms with van der Waals surface area (Å²) in [5, 5.41) is 1.23. The van der Waals surface area contributed by atoms with Gasteiger partial charge in [0, 0.05) is 24.2 Å². The predicted molar refractivity (Wildman–Crippen MR) is 101 cm³/mol. The van der Waals surface area contributed by atoms with E-state index in [0.29, 0.717) is 22.4 Å². The van der Waals surface area contributed by atoms with Crippen molar-refractivity contribution in [2.75, 3.05) is 23.7 Å². The molecular weight excluding hydrogens is 356 g/mol. The molecule has 3 aromatic heterocycles. The van der Waals surface area contributed by atoms with Crippen molar-refractivity contribution in [2.45, 2.75) is 23.3 Å². The highest BCUT2D eigenvalue weighted by Gasteiger charge is 2.20. The molecule has 6 nitrogen and oxygen atoms in total. The first-order valence-electron chi connectivity index (χ1n) is 8.07. The first-order valence-corrected chi connectivity index (χ1v) is 9.26. The quantitative estimate of drug-likeness (QED) is 0.751. The Kier molecular flexibility index (Phi) is 4.35. The maximum absolute atomic E-state index is 6.20. The fraction of sp³-hybridized carbons (Fsp3) is 0.294. The lowest BCUT2D eigenvalue weighted by Crippen LogP contribution is -2.20. The van der Waals surface area contributed by atoms with E-state index in [-0.39, 0.29) is 0 Å². The zero-order chi connectivity index (χ0) is 17.4. The molecule has 128 valence electrons. The Morgan fingerprint density at radius 2 is 2.12 bits per heavy atom. The van der Waals surface area contributed by atoms with Gasteiger partial charge in [0.1, 0.15) is 22.2 Å². The smallest absolute Gasteiger partial charge is 0.179 e. The molecule has 0 radical (unpaired) electrons. The van der Waals surface area contributed by atoms with E-state index in [9.17, 15) is 0 Å². The number of nitrogens with zero attached hydrogens (tertiary/aromatic N) is 5. The zero-order valence-corrected chi connectivity index (χ0v) is 15.3. The summed E-state index contributed by atoms with van der Waals surface area (Å²) in [7, 11) is 0. The number of hydrogen-bond acceptors (Lipinski definition) is 7. The lowest BCUT2D eigenvalue weighted by atomic mass is 10.2. The van der Waals surface area contributed by atoms with Crippen molar-refractivity contribution in [3.05, 3.63) is 35.6 Å². The van der Waals surface area contributed by atoms with Crippen LogP contribution in [0.1, 0.15) is 13.3 Å². The largest absolute Gasteiger partial charge is 0.382 e. The Labute approximate surface area is 154 Å². The van der Waals surface area contributed by atoms with Crippen LogP contribution in [0, 0.1) is 5.92 Å². The topological polar surface area (TPSA) is 80.8 Å². The van der Waals surface area contributed by atoms with Crippen LogP contribution in [0.25, 0.3) is 11.2 Å². The van der Waals surface area contributed by atoms with Crippen LogP contribution in [0.3, 0.4) is 0 Å². The second-order valence-electron chi connectivity index (χ2n) is 6.17. The minimum atomic E-state index is 0.316. The average Bonchev–Trinajstić information content (AvgIpc) is 3.05. The molecule has 25 heavy (non-hydrogen) atoms. The van der Waals surface area contributed by atoms with Gasteiger partial charge in [-0.2, -0.15) is 0 Å². The van der Waals surface area contributed by atoms with E-state index in [4.69, 9.17) is 22.3 Å². The predicted octanol–water partition coefficient (Wildman–Crippen LogP) is 3.65. The molecule has 1 atom stereocenters. The first-order chi connectivity index (χ1) is 12.1. The van der Waals surface area contributed by atoms with Gasteiger partial charge in [0.05, 0.1) is 11.2 Å². The van der Waals surface area contributed by atoms with Crippen molar-refractivity contribution >= 4 is 46.2 Å². The number of halogens is 1. The third-order valence-electron chi connectivity index (χ3n) is 4.21. The molecule has 0 amide bonds. The van der Waals surface area contributed by atoms with Crippen LogP contribution in [0.5, 0.6) is 0 Å². The molecule has 1 aliphatic rings. The Morgan fingerprint density at radius 3 is 2.92 bits per heavy atom. The summed E-state index contributed by atoms with van der Waals surface area (Å²) in [6.45, 7) is 4.32. The summed E-state index contributed by atoms with van der Waals surface area (Å²) in [5.74, 6) is 1.94. The van der Waals surface area contributed by atoms with E-state index in [1.165, 1.54) is 18.2 Å². The summed E-state index contributed by atoms with van der Waals surface area (Å²) in [6.07, 6.45) is 4.64. The van der Waals surface area contributed by atoms with Crippen LogP contribution in [-0.2, 0) is 0 Å². The molecule has 1 saturated heterocycles. The molecule has 0 saturated carbocycles. The summed E-state index contributed by atoms with van der Waals surface area (Å²) in [5.41, 5.74) is 7.16. The van der Waals surface area contributed by atoms with Crippen molar-refractivity contribution in [2.24, 2.45) is 5.92 Å². The number of nitrogens with two attached hydrogens (primary N) is 1. The highest BCUT2D eigenvalue weighted by Crippen LogP contribution is 2.34. The molecule has 0 aliphatic carbocycles. The third kappa shape index (κ3) is 3.34. The van der Waals surface area contributed by atoms with Gasteiger partial charge >= 0.3 is 0 Å². The van der Waals surface area contributed by atoms with Crippen LogP contribution in [0.15, 0.2) is 40.5 Å². The van der Waals surface area contributed by atoms with Crippen molar-refractivity contribution < 1.29 is 0 Å². The summed E-state index contributed by atoms with van der Waals surface area (Å²) >= 11 is 7.63. The minimum absolute atomic E-state index is 0.316. The third-order valence-corrected chi connectivity index (χ3v) is 5.72. The molecule has 1 aliphatic heterocycles. The molecule has 0 spiro atoms. The highest BCUT2D eigenvalue weighted by atomic mass is 35.5. The molecular formula is C17H17ClN6S. The molecule has 8 heteroatoms. The van der Waals surface area contributed by atoms with Gasteiger partial charge in [-0.15, -0.1) is 0 Å². The van der Waals surface area contributed by atoms with Crippen LogP contribution >= 0.6 is 23.4 Å². The monoisotopic (exact) mass is 372 g/mol.